The molecule has 0 aromatic rings. The number of thioether (sulfide) groups is 1. The van der Waals surface area contributed by atoms with Gasteiger partial charge in [-0.2, -0.15) is 0 Å². The Bertz CT molecular complexity index is 122. The molecule has 0 aliphatic rings. The van der Waals surface area contributed by atoms with Crippen molar-refractivity contribution in [3.8, 4) is 0 Å². The normalized spacial score (nSPS) is 11.2. The highest BCUT2D eigenvalue weighted by atomic mass is 32.2. The Kier molecular flexibility index (Phi) is 4.17. The number of hydrogen-bond donors (Lipinski definition) is 1. The minimum Gasteiger partial charge on any atom is -0.287 e. The third kappa shape index (κ3) is 3.16. The van der Waals surface area contributed by atoms with Crippen molar-refractivity contribution in [3.05, 3.63) is 12.8 Å². The summed E-state index contributed by atoms with van der Waals surface area (Å²) in [7, 11) is 1.51. The van der Waals surface area contributed by atoms with E-state index >= 15 is 0 Å². The summed E-state index contributed by atoms with van der Waals surface area (Å²) in [6.45, 7) is 3.39. The molecule has 0 radical (unpaired) electrons. The molecule has 0 aliphatic carbocycles. The Morgan fingerprint density at radius 2 is 2.44 bits per heavy atom. The molecule has 0 unspecified atom stereocenters. The summed E-state index contributed by atoms with van der Waals surface area (Å²) in [5, 5.41) is 10.3. The van der Waals surface area contributed by atoms with Crippen molar-refractivity contribution < 1.29 is 5.21 Å². The fraction of sp³-hybridized carbons (Fsp3) is 0.400. The van der Waals surface area contributed by atoms with Crippen LogP contribution in [0.5, 0.6) is 0 Å². The van der Waals surface area contributed by atoms with E-state index in [1.807, 2.05) is 6.26 Å². The fourth-order valence-corrected chi connectivity index (χ4v) is 0.791. The van der Waals surface area contributed by atoms with Gasteiger partial charge in [-0.3, -0.25) is 5.21 Å². The second-order valence-electron chi connectivity index (χ2n) is 1.32. The number of rotatable bonds is 1. The second kappa shape index (κ2) is 4.40. The van der Waals surface area contributed by atoms with E-state index < -0.39 is 0 Å². The molecule has 0 aromatic heterocycles. The molecule has 4 heteroatoms. The molecule has 0 saturated carbocycles. The zero-order chi connectivity index (χ0) is 7.28. The molecule has 0 amide bonds. The van der Waals surface area contributed by atoms with Gasteiger partial charge in [-0.15, -0.1) is 0 Å². The number of hydrogen-bond acceptors (Lipinski definition) is 3. The topological polar surface area (TPSA) is 35.8 Å². The maximum absolute atomic E-state index is 8.78. The second-order valence-corrected chi connectivity index (χ2v) is 2.10. The maximum Gasteiger partial charge on any atom is 0.187 e. The van der Waals surface area contributed by atoms with Gasteiger partial charge in [0.2, 0.25) is 0 Å². The van der Waals surface area contributed by atoms with Crippen LogP contribution in [0, 0.1) is 0 Å². The number of nitrogens with zero attached hydrogens (tertiary/aromatic N) is 2. The predicted molar refractivity (Wildman–Crippen MR) is 40.7 cm³/mol. The van der Waals surface area contributed by atoms with Crippen LogP contribution in [-0.4, -0.2) is 28.7 Å². The Morgan fingerprint density at radius 3 is 2.56 bits per heavy atom. The Hall–Kier alpha value is -0.480. The van der Waals surface area contributed by atoms with Gasteiger partial charge in [0.15, 0.2) is 5.17 Å². The molecule has 52 valence electrons. The standard InChI is InChI=1S/C5H10N2OS/c1-4-6-5(9-3)7(2)8/h4,8H,1H2,2-3H3/b6-5+. The molecule has 3 nitrogen and oxygen atoms in total. The average Bonchev–Trinajstić information content (AvgIpc) is 1.82. The van der Waals surface area contributed by atoms with Crippen LogP contribution in [0.15, 0.2) is 17.8 Å². The summed E-state index contributed by atoms with van der Waals surface area (Å²) in [6.07, 6.45) is 3.22. The minimum atomic E-state index is 0.532. The molecule has 0 atom stereocenters. The monoisotopic (exact) mass is 146 g/mol. The summed E-state index contributed by atoms with van der Waals surface area (Å²) < 4.78 is 0. The zero-order valence-corrected chi connectivity index (χ0v) is 6.35. The molecule has 0 saturated heterocycles. The van der Waals surface area contributed by atoms with Crippen LogP contribution in [0.2, 0.25) is 0 Å². The molecule has 0 fully saturated rings. The highest BCUT2D eigenvalue weighted by Crippen LogP contribution is 1.99. The summed E-state index contributed by atoms with van der Waals surface area (Å²) >= 11 is 1.36. The number of amidine groups is 1. The van der Waals surface area contributed by atoms with Crippen molar-refractivity contribution in [2.24, 2.45) is 4.99 Å². The quantitative estimate of drug-likeness (QED) is 0.342. The van der Waals surface area contributed by atoms with Gasteiger partial charge in [0, 0.05) is 13.2 Å². The van der Waals surface area contributed by atoms with Gasteiger partial charge in [0.1, 0.15) is 0 Å². The molecule has 0 spiro atoms. The van der Waals surface area contributed by atoms with Crippen LogP contribution >= 0.6 is 11.8 Å². The van der Waals surface area contributed by atoms with Crippen LogP contribution < -0.4 is 0 Å². The van der Waals surface area contributed by atoms with E-state index in [1.165, 1.54) is 25.0 Å². The van der Waals surface area contributed by atoms with Gasteiger partial charge in [0.05, 0.1) is 0 Å². The molecule has 1 N–H and O–H groups in total. The van der Waals surface area contributed by atoms with Crippen molar-refractivity contribution in [3.63, 3.8) is 0 Å². The van der Waals surface area contributed by atoms with E-state index in [2.05, 4.69) is 11.6 Å². The zero-order valence-electron chi connectivity index (χ0n) is 5.53. The van der Waals surface area contributed by atoms with Crippen LogP contribution in [-0.2, 0) is 0 Å². The lowest BCUT2D eigenvalue weighted by molar-refractivity contribution is 0.0177. The van der Waals surface area contributed by atoms with Crippen molar-refractivity contribution in [1.82, 2.24) is 5.06 Å². The van der Waals surface area contributed by atoms with Crippen LogP contribution in [0.3, 0.4) is 0 Å². The lowest BCUT2D eigenvalue weighted by Crippen LogP contribution is -2.18. The minimum absolute atomic E-state index is 0.532. The van der Waals surface area contributed by atoms with Gasteiger partial charge < -0.3 is 0 Å². The van der Waals surface area contributed by atoms with Gasteiger partial charge in [0.25, 0.3) is 0 Å². The summed E-state index contributed by atoms with van der Waals surface area (Å²) in [6, 6.07) is 0. The van der Waals surface area contributed by atoms with E-state index in [-0.39, 0.29) is 0 Å². The molecule has 0 aromatic carbocycles. The van der Waals surface area contributed by atoms with Gasteiger partial charge in [-0.05, 0) is 6.26 Å². The maximum atomic E-state index is 8.78. The van der Waals surface area contributed by atoms with E-state index in [0.717, 1.165) is 5.06 Å². The predicted octanol–water partition coefficient (Wildman–Crippen LogP) is 1.17. The van der Waals surface area contributed by atoms with Crippen LogP contribution in [0.1, 0.15) is 0 Å². The summed E-state index contributed by atoms with van der Waals surface area (Å²) in [4.78, 5) is 3.76. The Morgan fingerprint density at radius 1 is 1.89 bits per heavy atom. The van der Waals surface area contributed by atoms with Crippen molar-refractivity contribution in [1.29, 1.82) is 0 Å². The molecular formula is C5H10N2OS. The Balaban J connectivity index is 3.96. The third-order valence-electron chi connectivity index (χ3n) is 0.661. The van der Waals surface area contributed by atoms with E-state index in [0.29, 0.717) is 5.17 Å². The van der Waals surface area contributed by atoms with Crippen molar-refractivity contribution in [2.75, 3.05) is 13.3 Å². The molecule has 0 bridgehead atoms. The lowest BCUT2D eigenvalue weighted by Gasteiger charge is -2.08. The SMILES string of the molecule is C=C/N=C(/SC)N(C)O. The highest BCUT2D eigenvalue weighted by Gasteiger charge is 1.96. The summed E-state index contributed by atoms with van der Waals surface area (Å²) in [5.74, 6) is 0. The van der Waals surface area contributed by atoms with Crippen LogP contribution in [0.25, 0.3) is 0 Å². The third-order valence-corrected chi connectivity index (χ3v) is 1.40. The molecular weight excluding hydrogens is 136 g/mol. The van der Waals surface area contributed by atoms with Gasteiger partial charge >= 0.3 is 0 Å². The van der Waals surface area contributed by atoms with E-state index in [1.54, 1.807) is 0 Å². The lowest BCUT2D eigenvalue weighted by atomic mass is 11.0. The first-order valence-corrected chi connectivity index (χ1v) is 3.60. The largest absolute Gasteiger partial charge is 0.287 e. The first kappa shape index (κ1) is 8.52. The highest BCUT2D eigenvalue weighted by molar-refractivity contribution is 8.13. The van der Waals surface area contributed by atoms with Crippen molar-refractivity contribution >= 4 is 16.9 Å². The molecule has 9 heavy (non-hydrogen) atoms. The fourth-order valence-electron chi connectivity index (χ4n) is 0.346. The van der Waals surface area contributed by atoms with Crippen molar-refractivity contribution in [2.45, 2.75) is 0 Å². The molecule has 0 heterocycles. The molecule has 0 rings (SSSR count). The average molecular weight is 146 g/mol. The number of hydroxylamine groups is 2. The first-order chi connectivity index (χ1) is 4.22. The van der Waals surface area contributed by atoms with Gasteiger partial charge in [-0.1, -0.05) is 18.3 Å². The van der Waals surface area contributed by atoms with Crippen LogP contribution in [0.4, 0.5) is 0 Å². The van der Waals surface area contributed by atoms with E-state index in [9.17, 15) is 0 Å². The van der Waals surface area contributed by atoms with E-state index in [4.69, 9.17) is 5.21 Å². The first-order valence-electron chi connectivity index (χ1n) is 2.37. The smallest absolute Gasteiger partial charge is 0.187 e. The Labute approximate surface area is 59.0 Å². The number of aliphatic imine (C=N–C) groups is 1. The summed E-state index contributed by atoms with van der Waals surface area (Å²) in [5.41, 5.74) is 0. The van der Waals surface area contributed by atoms with Gasteiger partial charge in [-0.25, -0.2) is 10.1 Å². The molecule has 0 aliphatic heterocycles.